The summed E-state index contributed by atoms with van der Waals surface area (Å²) in [6.07, 6.45) is 1.36. The number of β-lactam (4-membered cyclic amide) rings is 1. The van der Waals surface area contributed by atoms with Crippen molar-refractivity contribution < 1.29 is 63.1 Å². The van der Waals surface area contributed by atoms with Crippen molar-refractivity contribution >= 4 is 68.6 Å². The summed E-state index contributed by atoms with van der Waals surface area (Å²) in [6, 6.07) is 2.08. The number of nitrogen functional groups attached to an aromatic ring is 1. The number of carbonyl (C=O) groups excluding carboxylic acids is 4. The molecule has 2 aliphatic heterocycles. The van der Waals surface area contributed by atoms with Gasteiger partial charge in [0.15, 0.2) is 16.6 Å². The van der Waals surface area contributed by atoms with Crippen LogP contribution in [0.1, 0.15) is 16.2 Å². The van der Waals surface area contributed by atoms with Gasteiger partial charge >= 0.3 is 29.6 Å². The molecule has 178 valence electrons. The third-order valence-electron chi connectivity index (χ3n) is 4.79. The minimum absolute atomic E-state index is 0. The molecular weight excluding hydrogens is 529 g/mol. The Kier molecular flexibility index (Phi) is 9.06. The number of furan rings is 1. The number of amides is 2. The molecule has 0 aliphatic carbocycles. The fourth-order valence-electron chi connectivity index (χ4n) is 3.30. The first-order valence-corrected chi connectivity index (χ1v) is 12.4. The number of nitrogens with two attached hydrogens (primary N) is 1. The van der Waals surface area contributed by atoms with Gasteiger partial charge in [0, 0.05) is 16.9 Å². The molecule has 1 fully saturated rings. The number of hydrogen-bond acceptors (Lipinski definition) is 13. The Morgan fingerprint density at radius 1 is 1.46 bits per heavy atom. The van der Waals surface area contributed by atoms with E-state index in [1.54, 1.807) is 6.07 Å². The molecule has 2 aromatic rings. The van der Waals surface area contributed by atoms with Gasteiger partial charge in [0.1, 0.15) is 24.2 Å². The molecule has 3 N–H and O–H groups in total. The summed E-state index contributed by atoms with van der Waals surface area (Å²) in [5, 5.41) is 18.8. The van der Waals surface area contributed by atoms with Crippen molar-refractivity contribution in [1.82, 2.24) is 15.2 Å². The quantitative estimate of drug-likeness (QED) is 0.146. The molecule has 2 atom stereocenters. The van der Waals surface area contributed by atoms with Crippen LogP contribution in [0.25, 0.3) is 0 Å². The van der Waals surface area contributed by atoms with Crippen molar-refractivity contribution in [2.75, 3.05) is 24.3 Å². The number of thioether (sulfide) groups is 2. The van der Waals surface area contributed by atoms with Crippen LogP contribution in [0.2, 0.25) is 0 Å². The third kappa shape index (κ3) is 5.59. The molecule has 4 heterocycles. The summed E-state index contributed by atoms with van der Waals surface area (Å²) in [6.45, 7) is 0. The Hall–Kier alpha value is -2.30. The molecule has 0 aromatic carbocycles. The number of nitrogens with zero attached hydrogens (tertiary/aromatic N) is 3. The van der Waals surface area contributed by atoms with Crippen molar-refractivity contribution in [2.24, 2.45) is 5.16 Å². The summed E-state index contributed by atoms with van der Waals surface area (Å²) in [5.41, 5.74) is 5.68. The molecule has 0 radical (unpaired) electrons. The number of thiazole rings is 1. The van der Waals surface area contributed by atoms with Gasteiger partial charge in [-0.3, -0.25) is 19.3 Å². The van der Waals surface area contributed by atoms with Crippen LogP contribution < -0.4 is 45.7 Å². The molecule has 0 bridgehead atoms. The Balaban J connectivity index is 0.00000342. The second-order valence-electron chi connectivity index (χ2n) is 6.85. The average molecular weight is 546 g/mol. The second-order valence-corrected chi connectivity index (χ2v) is 9.79. The molecule has 12 nitrogen and oxygen atoms in total. The maximum atomic E-state index is 12.8. The van der Waals surface area contributed by atoms with Crippen molar-refractivity contribution in [1.29, 1.82) is 0 Å². The van der Waals surface area contributed by atoms with E-state index >= 15 is 0 Å². The van der Waals surface area contributed by atoms with Gasteiger partial charge in [-0.25, -0.2) is 4.98 Å². The molecule has 1 saturated heterocycles. The summed E-state index contributed by atoms with van der Waals surface area (Å²) in [5.74, 6) is -2.48. The van der Waals surface area contributed by atoms with Crippen LogP contribution >= 0.6 is 34.9 Å². The first kappa shape index (κ1) is 27.3. The van der Waals surface area contributed by atoms with Crippen LogP contribution in [0.5, 0.6) is 0 Å². The number of carboxylic acid groups (broad SMARTS) is 1. The molecular formula is C19H16N5NaO7S3. The molecule has 1 unspecified atom stereocenters. The summed E-state index contributed by atoms with van der Waals surface area (Å²) >= 11 is 3.22. The van der Waals surface area contributed by atoms with E-state index in [9.17, 15) is 24.3 Å². The van der Waals surface area contributed by atoms with Gasteiger partial charge in [-0.2, -0.15) is 0 Å². The molecule has 0 spiro atoms. The van der Waals surface area contributed by atoms with Crippen molar-refractivity contribution in [3.8, 4) is 0 Å². The second kappa shape index (κ2) is 11.6. The van der Waals surface area contributed by atoms with E-state index in [0.717, 1.165) is 28.0 Å². The van der Waals surface area contributed by atoms with Gasteiger partial charge in [-0.15, -0.1) is 23.1 Å². The SMILES string of the molecule is CON=C(C(=O)NC1C(=O)N2C(C(=O)[O-])=C(CSC(=O)c3ccco3)CS[C@H]12)c1csc(N)n1.[Na+]. The predicted molar refractivity (Wildman–Crippen MR) is 123 cm³/mol. The van der Waals surface area contributed by atoms with Gasteiger partial charge in [-0.1, -0.05) is 16.9 Å². The number of fused-ring (bicyclic) bond motifs is 1. The minimum atomic E-state index is -1.54. The molecule has 16 heteroatoms. The topological polar surface area (TPSA) is 180 Å². The smallest absolute Gasteiger partial charge is 0.543 e. The fourth-order valence-corrected chi connectivity index (χ4v) is 6.13. The van der Waals surface area contributed by atoms with Crippen LogP contribution in [0.3, 0.4) is 0 Å². The average Bonchev–Trinajstić information content (AvgIpc) is 3.50. The maximum absolute atomic E-state index is 12.8. The van der Waals surface area contributed by atoms with Gasteiger partial charge in [-0.05, 0) is 17.7 Å². The number of carbonyl (C=O) groups is 4. The zero-order chi connectivity index (χ0) is 24.4. The number of nitrogens with one attached hydrogen (secondary N) is 1. The first-order chi connectivity index (χ1) is 16.3. The maximum Gasteiger partial charge on any atom is 1.00 e. The largest absolute Gasteiger partial charge is 1.00 e. The normalized spacial score (nSPS) is 19.4. The molecule has 35 heavy (non-hydrogen) atoms. The van der Waals surface area contributed by atoms with E-state index < -0.39 is 29.2 Å². The molecule has 2 aromatic heterocycles. The number of oxime groups is 1. The summed E-state index contributed by atoms with van der Waals surface area (Å²) in [7, 11) is 1.25. The van der Waals surface area contributed by atoms with E-state index in [4.69, 9.17) is 15.0 Å². The Morgan fingerprint density at radius 2 is 2.23 bits per heavy atom. The number of hydrogen-bond donors (Lipinski definition) is 2. The van der Waals surface area contributed by atoms with E-state index in [1.165, 1.54) is 36.6 Å². The first-order valence-electron chi connectivity index (χ1n) is 9.53. The van der Waals surface area contributed by atoms with Gasteiger partial charge in [0.2, 0.25) is 0 Å². The van der Waals surface area contributed by atoms with Gasteiger partial charge < -0.3 is 30.2 Å². The summed E-state index contributed by atoms with van der Waals surface area (Å²) < 4.78 is 5.04. The fraction of sp³-hybridized carbons (Fsp3) is 0.263. The number of carboxylic acids is 1. The van der Waals surface area contributed by atoms with Crippen molar-refractivity contribution in [2.45, 2.75) is 11.4 Å². The number of aromatic nitrogens is 1. The molecule has 2 amide bonds. The van der Waals surface area contributed by atoms with E-state index in [1.807, 2.05) is 0 Å². The van der Waals surface area contributed by atoms with Gasteiger partial charge in [0.05, 0.1) is 17.9 Å². The molecule has 0 saturated carbocycles. The number of rotatable bonds is 8. The zero-order valence-corrected chi connectivity index (χ0v) is 22.8. The summed E-state index contributed by atoms with van der Waals surface area (Å²) in [4.78, 5) is 59.4. The van der Waals surface area contributed by atoms with Crippen LogP contribution in [0.4, 0.5) is 5.13 Å². The van der Waals surface area contributed by atoms with Crippen LogP contribution in [0, 0.1) is 0 Å². The molecule has 2 aliphatic rings. The standard InChI is InChI=1S/C19H17N5O7S3.Na/c1-30-23-11(9-7-34-19(20)21-9)14(25)22-12-15(26)24-13(17(27)28)8(5-32-16(12)24)6-33-18(29)10-3-2-4-31-10;/h2-4,7,12,16H,5-6H2,1H3,(H2,20,21)(H,22,25)(H,27,28);/q;+1/p-1/t12?,16-;/m1./s1. The Bertz CT molecular complexity index is 1210. The minimum Gasteiger partial charge on any atom is -0.543 e. The molecule has 4 rings (SSSR count). The Labute approximate surface area is 233 Å². The predicted octanol–water partition coefficient (Wildman–Crippen LogP) is -3.35. The van der Waals surface area contributed by atoms with Crippen LogP contribution in [-0.4, -0.2) is 68.5 Å². The van der Waals surface area contributed by atoms with E-state index in [0.29, 0.717) is 5.57 Å². The Morgan fingerprint density at radius 3 is 2.83 bits per heavy atom. The van der Waals surface area contributed by atoms with E-state index in [-0.39, 0.29) is 74.2 Å². The number of anilines is 1. The third-order valence-corrected chi connectivity index (χ3v) is 7.76. The van der Waals surface area contributed by atoms with Crippen molar-refractivity contribution in [3.05, 3.63) is 46.5 Å². The van der Waals surface area contributed by atoms with E-state index in [2.05, 4.69) is 15.5 Å². The van der Waals surface area contributed by atoms with Crippen LogP contribution in [0.15, 0.2) is 44.6 Å². The van der Waals surface area contributed by atoms with Gasteiger partial charge in [0.25, 0.3) is 16.9 Å². The van der Waals surface area contributed by atoms with Crippen molar-refractivity contribution in [3.63, 3.8) is 0 Å². The van der Waals surface area contributed by atoms with Crippen LogP contribution in [-0.2, 0) is 19.2 Å². The zero-order valence-electron chi connectivity index (χ0n) is 18.4. The monoisotopic (exact) mass is 545 g/mol. The number of aliphatic carboxylic acids is 1.